The third-order valence-corrected chi connectivity index (χ3v) is 14.1. The summed E-state index contributed by atoms with van der Waals surface area (Å²) >= 11 is 0. The maximum atomic E-state index is 12.5. The average molecular weight is 699 g/mol. The monoisotopic (exact) mass is 698 g/mol. The minimum atomic E-state index is -1.75. The van der Waals surface area contributed by atoms with E-state index < -0.39 is 80.2 Å². The lowest BCUT2D eigenvalue weighted by molar-refractivity contribution is -0.365. The van der Waals surface area contributed by atoms with Crippen molar-refractivity contribution in [2.24, 2.45) is 28.6 Å². The predicted molar refractivity (Wildman–Crippen MR) is 167 cm³/mol. The van der Waals surface area contributed by atoms with Crippen molar-refractivity contribution in [2.45, 2.75) is 151 Å². The van der Waals surface area contributed by atoms with Gasteiger partial charge in [-0.3, -0.25) is 4.79 Å². The van der Waals surface area contributed by atoms with E-state index in [1.165, 1.54) is 5.57 Å². The quantitative estimate of drug-likeness (QED) is 0.0986. The molecule has 7 rings (SSSR count). The number of aliphatic hydroxyl groups is 8. The Morgan fingerprint density at radius 1 is 0.776 bits per heavy atom. The lowest BCUT2D eigenvalue weighted by Crippen LogP contribution is -2.65. The predicted octanol–water partition coefficient (Wildman–Crippen LogP) is -0.603. The Kier molecular flexibility index (Phi) is 9.80. The molecule has 0 aromatic carbocycles. The molecule has 3 aliphatic heterocycles. The molecule has 17 atom stereocenters. The van der Waals surface area contributed by atoms with Gasteiger partial charge >= 0.3 is 5.97 Å². The van der Waals surface area contributed by atoms with Gasteiger partial charge in [0.25, 0.3) is 0 Å². The van der Waals surface area contributed by atoms with E-state index in [9.17, 15) is 45.6 Å². The molecule has 3 saturated heterocycles. The standard InChI is InChI=1S/C35H54O14/c1-33-8-5-18(46-32-29(43)30(26(40)23(14-37)48-32)49-31-28(42)27(41)25(39)22(13-36)47-31)12-17(33)3-4-21-20(33)6-9-34(2)19(7-10-35(21,34)44)16-11-24(38)45-15-16/h17-18,20-23,25-32,36-37,39-44H,3-15H2,1-2H3/b19-16-/t17-,18-,20-,21+,22-,23-,25+,26+,27+,28+,29+,30+,31+,32-,33-,34-,35-/m0/s1. The van der Waals surface area contributed by atoms with E-state index in [1.807, 2.05) is 0 Å². The molecule has 0 spiro atoms. The number of cyclic esters (lactones) is 1. The van der Waals surface area contributed by atoms with Crippen LogP contribution in [0.5, 0.6) is 0 Å². The van der Waals surface area contributed by atoms with Gasteiger partial charge in [0.05, 0.1) is 31.3 Å². The molecule has 3 heterocycles. The Labute approximate surface area is 285 Å². The van der Waals surface area contributed by atoms with Crippen LogP contribution in [-0.2, 0) is 28.5 Å². The highest BCUT2D eigenvalue weighted by Gasteiger charge is 2.66. The van der Waals surface area contributed by atoms with Crippen molar-refractivity contribution in [2.75, 3.05) is 19.8 Å². The highest BCUT2D eigenvalue weighted by Crippen LogP contribution is 2.69. The summed E-state index contributed by atoms with van der Waals surface area (Å²) in [7, 11) is 0. The van der Waals surface area contributed by atoms with Crippen LogP contribution in [0, 0.1) is 28.6 Å². The van der Waals surface area contributed by atoms with Crippen molar-refractivity contribution in [1.29, 1.82) is 0 Å². The van der Waals surface area contributed by atoms with E-state index in [1.54, 1.807) is 0 Å². The van der Waals surface area contributed by atoms with E-state index in [0.29, 0.717) is 44.1 Å². The van der Waals surface area contributed by atoms with Crippen molar-refractivity contribution in [3.63, 3.8) is 0 Å². The van der Waals surface area contributed by atoms with Crippen LogP contribution in [0.1, 0.15) is 78.1 Å². The fourth-order valence-corrected chi connectivity index (χ4v) is 11.2. The number of carbonyl (C=O) groups excluding carboxylic acids is 1. The zero-order chi connectivity index (χ0) is 35.0. The van der Waals surface area contributed by atoms with E-state index in [0.717, 1.165) is 44.1 Å². The first-order valence-electron chi connectivity index (χ1n) is 18.1. The van der Waals surface area contributed by atoms with Crippen LogP contribution in [0.3, 0.4) is 0 Å². The van der Waals surface area contributed by atoms with E-state index in [4.69, 9.17) is 23.7 Å². The van der Waals surface area contributed by atoms with E-state index in [-0.39, 0.29) is 28.8 Å². The molecule has 4 aliphatic carbocycles. The van der Waals surface area contributed by atoms with Crippen LogP contribution < -0.4 is 0 Å². The highest BCUT2D eigenvalue weighted by molar-refractivity contribution is 5.76. The Balaban J connectivity index is 1.03. The van der Waals surface area contributed by atoms with Crippen molar-refractivity contribution in [3.05, 3.63) is 11.1 Å². The molecular weight excluding hydrogens is 644 g/mol. The smallest absolute Gasteiger partial charge is 0.310 e. The first-order chi connectivity index (χ1) is 23.3. The number of esters is 1. The molecule has 0 aromatic rings. The molecule has 0 aromatic heterocycles. The molecule has 7 fully saturated rings. The fourth-order valence-electron chi connectivity index (χ4n) is 11.2. The summed E-state index contributed by atoms with van der Waals surface area (Å²) in [6, 6.07) is 0. The van der Waals surface area contributed by atoms with Crippen LogP contribution >= 0.6 is 0 Å². The molecule has 0 amide bonds. The van der Waals surface area contributed by atoms with Gasteiger partial charge in [0.15, 0.2) is 12.6 Å². The van der Waals surface area contributed by atoms with Crippen LogP contribution in [0.4, 0.5) is 0 Å². The Hall–Kier alpha value is -1.27. The second kappa shape index (κ2) is 13.3. The van der Waals surface area contributed by atoms with Gasteiger partial charge in [0.1, 0.15) is 55.4 Å². The van der Waals surface area contributed by atoms with Gasteiger partial charge < -0.3 is 64.5 Å². The molecule has 0 radical (unpaired) electrons. The van der Waals surface area contributed by atoms with Gasteiger partial charge in [-0.15, -0.1) is 0 Å². The van der Waals surface area contributed by atoms with E-state index in [2.05, 4.69) is 13.8 Å². The SMILES string of the molecule is C[C@]12CC[C@H](O[C@H]3O[C@@H](CO)[C@@H](O)[C@@H](O[C@H]4O[C@@H](CO)[C@@H](O)[C@@H](O)[C@H]4O)[C@H]3O)C[C@@H]1CC[C@@H]1[C@@H]2CC[C@@]2(C)/C(=C3\COC(=O)C3)CC[C@]12O. The van der Waals surface area contributed by atoms with E-state index >= 15 is 0 Å². The molecule has 8 N–H and O–H groups in total. The van der Waals surface area contributed by atoms with Gasteiger partial charge in [0.2, 0.25) is 0 Å². The van der Waals surface area contributed by atoms with Crippen molar-refractivity contribution >= 4 is 5.97 Å². The molecule has 7 aliphatic rings. The summed E-state index contributed by atoms with van der Waals surface area (Å²) in [5, 5.41) is 85.1. The second-order valence-corrected chi connectivity index (χ2v) is 16.2. The summed E-state index contributed by atoms with van der Waals surface area (Å²) in [4.78, 5) is 11.9. The van der Waals surface area contributed by atoms with Crippen LogP contribution in [-0.4, -0.2) is 140 Å². The first-order valence-corrected chi connectivity index (χ1v) is 18.1. The average Bonchev–Trinajstić information content (AvgIpc) is 3.63. The van der Waals surface area contributed by atoms with Gasteiger partial charge in [-0.2, -0.15) is 0 Å². The zero-order valence-electron chi connectivity index (χ0n) is 28.3. The topological polar surface area (TPSA) is 225 Å². The minimum Gasteiger partial charge on any atom is -0.461 e. The number of hydrogen-bond donors (Lipinski definition) is 8. The van der Waals surface area contributed by atoms with Gasteiger partial charge in [-0.1, -0.05) is 19.4 Å². The zero-order valence-corrected chi connectivity index (χ0v) is 28.3. The Morgan fingerprint density at radius 2 is 1.47 bits per heavy atom. The normalized spacial score (nSPS) is 54.6. The van der Waals surface area contributed by atoms with Gasteiger partial charge in [0, 0.05) is 5.41 Å². The lowest BCUT2D eigenvalue weighted by Gasteiger charge is -2.63. The summed E-state index contributed by atoms with van der Waals surface area (Å²) < 4.78 is 28.7. The third-order valence-electron chi connectivity index (χ3n) is 14.1. The highest BCUT2D eigenvalue weighted by atomic mass is 16.7. The van der Waals surface area contributed by atoms with Crippen molar-refractivity contribution in [1.82, 2.24) is 0 Å². The number of fused-ring (bicyclic) bond motifs is 5. The van der Waals surface area contributed by atoms with Crippen LogP contribution in [0.15, 0.2) is 11.1 Å². The maximum Gasteiger partial charge on any atom is 0.310 e. The molecule has 14 heteroatoms. The van der Waals surface area contributed by atoms with Gasteiger partial charge in [-0.25, -0.2) is 0 Å². The molecular formula is C35H54O14. The Morgan fingerprint density at radius 3 is 2.14 bits per heavy atom. The number of aliphatic hydroxyl groups excluding tert-OH is 7. The minimum absolute atomic E-state index is 0.0210. The maximum absolute atomic E-state index is 12.5. The number of hydrogen-bond acceptors (Lipinski definition) is 14. The molecule has 0 bridgehead atoms. The molecule has 0 unspecified atom stereocenters. The molecule has 14 nitrogen and oxygen atoms in total. The largest absolute Gasteiger partial charge is 0.461 e. The third kappa shape index (κ3) is 5.73. The molecule has 4 saturated carbocycles. The first kappa shape index (κ1) is 36.1. The van der Waals surface area contributed by atoms with Crippen molar-refractivity contribution < 1.29 is 69.3 Å². The van der Waals surface area contributed by atoms with Crippen molar-refractivity contribution in [3.8, 4) is 0 Å². The number of carbonyl (C=O) groups is 1. The van der Waals surface area contributed by atoms with Crippen LogP contribution in [0.25, 0.3) is 0 Å². The number of rotatable bonds is 6. The summed E-state index contributed by atoms with van der Waals surface area (Å²) in [5.41, 5.74) is 1.07. The number of ether oxygens (including phenoxy) is 5. The summed E-state index contributed by atoms with van der Waals surface area (Å²) in [6.45, 7) is 3.60. The second-order valence-electron chi connectivity index (χ2n) is 16.2. The Bertz CT molecular complexity index is 1280. The molecule has 278 valence electrons. The lowest BCUT2D eigenvalue weighted by atomic mass is 9.43. The van der Waals surface area contributed by atoms with Crippen LogP contribution in [0.2, 0.25) is 0 Å². The summed E-state index contributed by atoms with van der Waals surface area (Å²) in [5.74, 6) is 0.601. The molecule has 49 heavy (non-hydrogen) atoms. The summed E-state index contributed by atoms with van der Waals surface area (Å²) in [6.07, 6.45) is -7.54. The fraction of sp³-hybridized carbons (Fsp3) is 0.914. The van der Waals surface area contributed by atoms with Gasteiger partial charge in [-0.05, 0) is 86.5 Å².